The summed E-state index contributed by atoms with van der Waals surface area (Å²) in [7, 11) is 0. The van der Waals surface area contributed by atoms with Crippen LogP contribution in [-0.2, 0) is 10.8 Å². The minimum absolute atomic E-state index is 0.172. The van der Waals surface area contributed by atoms with E-state index in [1.165, 1.54) is 0 Å². The van der Waals surface area contributed by atoms with Gasteiger partial charge >= 0.3 is 12.1 Å². The number of ether oxygens (including phenoxy) is 4. The van der Waals surface area contributed by atoms with Gasteiger partial charge in [0.05, 0.1) is 11.7 Å². The third-order valence-electron chi connectivity index (χ3n) is 8.84. The van der Waals surface area contributed by atoms with Crippen molar-refractivity contribution in [1.29, 1.82) is 0 Å². The summed E-state index contributed by atoms with van der Waals surface area (Å²) in [5.74, 6) is 1.71. The van der Waals surface area contributed by atoms with Gasteiger partial charge in [-0.05, 0) is 96.3 Å². The number of rotatable bonds is 11. The quantitative estimate of drug-likeness (QED) is 0.0811. The standard InChI is InChI=1S/C42H42O6/c1-7-29(2)45-35-21-13-31(14-22-35)41(3,4)33-17-25-37(26-18-33)47-40(44)48-38-27-19-34(20-28-38)42(5,6)32-15-23-36(24-16-32)46-39(43)30-11-9-8-10-12-30/h8-29H,7H2,1-6H3. The van der Waals surface area contributed by atoms with E-state index < -0.39 is 12.1 Å². The fourth-order valence-corrected chi connectivity index (χ4v) is 5.37. The highest BCUT2D eigenvalue weighted by Crippen LogP contribution is 2.35. The van der Waals surface area contributed by atoms with Crippen molar-refractivity contribution in [2.45, 2.75) is 64.9 Å². The number of esters is 1. The van der Waals surface area contributed by atoms with Crippen LogP contribution in [0.2, 0.25) is 0 Å². The van der Waals surface area contributed by atoms with Gasteiger partial charge in [0.1, 0.15) is 23.0 Å². The third kappa shape index (κ3) is 8.13. The average molecular weight is 643 g/mol. The lowest BCUT2D eigenvalue weighted by Crippen LogP contribution is -2.19. The Labute approximate surface area is 283 Å². The molecular formula is C42H42O6. The highest BCUT2D eigenvalue weighted by Gasteiger charge is 2.25. The van der Waals surface area contributed by atoms with E-state index in [2.05, 4.69) is 53.7 Å². The summed E-state index contributed by atoms with van der Waals surface area (Å²) in [5.41, 5.74) is 4.17. The molecular weight excluding hydrogens is 600 g/mol. The largest absolute Gasteiger partial charge is 0.519 e. The van der Waals surface area contributed by atoms with Crippen molar-refractivity contribution in [3.8, 4) is 23.0 Å². The van der Waals surface area contributed by atoms with Crippen molar-refractivity contribution in [1.82, 2.24) is 0 Å². The Morgan fingerprint density at radius 2 is 0.875 bits per heavy atom. The predicted molar refractivity (Wildman–Crippen MR) is 188 cm³/mol. The van der Waals surface area contributed by atoms with Gasteiger partial charge in [-0.1, -0.05) is 101 Å². The summed E-state index contributed by atoms with van der Waals surface area (Å²) in [6, 6.07) is 39.4. The first-order valence-corrected chi connectivity index (χ1v) is 16.2. The summed E-state index contributed by atoms with van der Waals surface area (Å²) < 4.78 is 22.4. The van der Waals surface area contributed by atoms with Gasteiger partial charge < -0.3 is 18.9 Å². The topological polar surface area (TPSA) is 71.1 Å². The SMILES string of the molecule is CCC(C)Oc1ccc(C(C)(C)c2ccc(OC(=O)Oc3ccc(C(C)(C)c4ccc(OC(=O)c5ccccc5)cc4)cc3)cc2)cc1. The minimum atomic E-state index is -0.813. The van der Waals surface area contributed by atoms with E-state index in [9.17, 15) is 9.59 Å². The Balaban J connectivity index is 1.16. The van der Waals surface area contributed by atoms with Gasteiger partial charge in [-0.15, -0.1) is 0 Å². The van der Waals surface area contributed by atoms with Crippen LogP contribution >= 0.6 is 0 Å². The number of carbonyl (C=O) groups excluding carboxylic acids is 2. The van der Waals surface area contributed by atoms with Crippen LogP contribution in [0, 0.1) is 0 Å². The van der Waals surface area contributed by atoms with Gasteiger partial charge in [0.25, 0.3) is 0 Å². The van der Waals surface area contributed by atoms with Crippen LogP contribution in [0.3, 0.4) is 0 Å². The van der Waals surface area contributed by atoms with Gasteiger partial charge in [0.2, 0.25) is 0 Å². The third-order valence-corrected chi connectivity index (χ3v) is 8.84. The number of hydrogen-bond donors (Lipinski definition) is 0. The molecule has 0 aromatic heterocycles. The molecule has 0 aliphatic carbocycles. The van der Waals surface area contributed by atoms with Crippen molar-refractivity contribution in [3.63, 3.8) is 0 Å². The molecule has 5 aromatic carbocycles. The first-order chi connectivity index (χ1) is 22.9. The minimum Gasteiger partial charge on any atom is -0.491 e. The number of benzene rings is 5. The fraction of sp³-hybridized carbons (Fsp3) is 0.238. The zero-order chi connectivity index (χ0) is 34.3. The lowest BCUT2D eigenvalue weighted by Gasteiger charge is -2.26. The maximum Gasteiger partial charge on any atom is 0.519 e. The number of carbonyl (C=O) groups is 2. The van der Waals surface area contributed by atoms with E-state index in [4.69, 9.17) is 18.9 Å². The van der Waals surface area contributed by atoms with Gasteiger partial charge in [-0.3, -0.25) is 0 Å². The second-order valence-electron chi connectivity index (χ2n) is 12.9. The van der Waals surface area contributed by atoms with Crippen LogP contribution < -0.4 is 18.9 Å². The van der Waals surface area contributed by atoms with Crippen LogP contribution in [0.25, 0.3) is 0 Å². The molecule has 5 aromatic rings. The molecule has 246 valence electrons. The second-order valence-corrected chi connectivity index (χ2v) is 12.9. The molecule has 6 nitrogen and oxygen atoms in total. The van der Waals surface area contributed by atoms with Crippen molar-refractivity contribution >= 4 is 12.1 Å². The van der Waals surface area contributed by atoms with Crippen LogP contribution in [0.5, 0.6) is 23.0 Å². The molecule has 0 fully saturated rings. The molecule has 48 heavy (non-hydrogen) atoms. The monoisotopic (exact) mass is 642 g/mol. The van der Waals surface area contributed by atoms with E-state index in [-0.39, 0.29) is 16.9 Å². The van der Waals surface area contributed by atoms with Gasteiger partial charge in [-0.25, -0.2) is 9.59 Å². The Hall–Kier alpha value is -5.36. The molecule has 5 rings (SSSR count). The van der Waals surface area contributed by atoms with E-state index in [1.54, 1.807) is 60.7 Å². The van der Waals surface area contributed by atoms with E-state index in [1.807, 2.05) is 54.6 Å². The Morgan fingerprint density at radius 1 is 0.521 bits per heavy atom. The average Bonchev–Trinajstić information content (AvgIpc) is 3.09. The smallest absolute Gasteiger partial charge is 0.491 e. The summed E-state index contributed by atoms with van der Waals surface area (Å²) in [6.45, 7) is 12.7. The molecule has 0 aliphatic heterocycles. The molecule has 0 saturated heterocycles. The van der Waals surface area contributed by atoms with Crippen LogP contribution in [0.1, 0.15) is 80.6 Å². The molecule has 0 radical (unpaired) electrons. The summed E-state index contributed by atoms with van der Waals surface area (Å²) in [5, 5.41) is 0. The molecule has 0 N–H and O–H groups in total. The normalized spacial score (nSPS) is 12.1. The van der Waals surface area contributed by atoms with E-state index in [0.717, 1.165) is 34.4 Å². The van der Waals surface area contributed by atoms with Gasteiger partial charge in [-0.2, -0.15) is 0 Å². The molecule has 0 amide bonds. The summed E-state index contributed by atoms with van der Waals surface area (Å²) in [4.78, 5) is 25.0. The van der Waals surface area contributed by atoms with Crippen molar-refractivity contribution in [3.05, 3.63) is 155 Å². The fourth-order valence-electron chi connectivity index (χ4n) is 5.37. The van der Waals surface area contributed by atoms with Crippen LogP contribution in [0.4, 0.5) is 4.79 Å². The first kappa shape index (κ1) is 34.0. The summed E-state index contributed by atoms with van der Waals surface area (Å²) in [6.07, 6.45) is 0.312. The molecule has 6 heteroatoms. The van der Waals surface area contributed by atoms with Gasteiger partial charge in [0, 0.05) is 10.8 Å². The lowest BCUT2D eigenvalue weighted by atomic mass is 9.78. The number of hydrogen-bond acceptors (Lipinski definition) is 6. The highest BCUT2D eigenvalue weighted by molar-refractivity contribution is 5.90. The molecule has 0 heterocycles. The first-order valence-electron chi connectivity index (χ1n) is 16.2. The summed E-state index contributed by atoms with van der Waals surface area (Å²) >= 11 is 0. The maximum atomic E-state index is 12.6. The Bertz CT molecular complexity index is 1810. The molecule has 0 aliphatic rings. The van der Waals surface area contributed by atoms with Crippen molar-refractivity contribution < 1.29 is 28.5 Å². The lowest BCUT2D eigenvalue weighted by molar-refractivity contribution is 0.0734. The second kappa shape index (κ2) is 14.6. The predicted octanol–water partition coefficient (Wildman–Crippen LogP) is 10.3. The van der Waals surface area contributed by atoms with E-state index in [0.29, 0.717) is 22.8 Å². The Morgan fingerprint density at radius 3 is 1.25 bits per heavy atom. The van der Waals surface area contributed by atoms with Crippen LogP contribution in [-0.4, -0.2) is 18.2 Å². The molecule has 0 saturated carbocycles. The van der Waals surface area contributed by atoms with Crippen LogP contribution in [0.15, 0.2) is 127 Å². The van der Waals surface area contributed by atoms with E-state index >= 15 is 0 Å². The highest BCUT2D eigenvalue weighted by atomic mass is 16.7. The molecule has 0 bridgehead atoms. The zero-order valence-electron chi connectivity index (χ0n) is 28.4. The zero-order valence-corrected chi connectivity index (χ0v) is 28.4. The molecule has 1 unspecified atom stereocenters. The maximum absolute atomic E-state index is 12.6. The Kier molecular flexibility index (Phi) is 10.3. The molecule has 1 atom stereocenters. The van der Waals surface area contributed by atoms with Gasteiger partial charge in [0.15, 0.2) is 0 Å². The van der Waals surface area contributed by atoms with Crippen molar-refractivity contribution in [2.75, 3.05) is 0 Å². The van der Waals surface area contributed by atoms with Crippen molar-refractivity contribution in [2.24, 2.45) is 0 Å². The molecule has 0 spiro atoms.